The van der Waals surface area contributed by atoms with Crippen LogP contribution in [0, 0.1) is 0 Å². The van der Waals surface area contributed by atoms with Crippen LogP contribution >= 0.6 is 15.9 Å². The molecule has 7 nitrogen and oxygen atoms in total. The number of hydrogen-bond donors (Lipinski definition) is 1. The molecule has 0 bridgehead atoms. The van der Waals surface area contributed by atoms with Crippen molar-refractivity contribution in [2.45, 2.75) is 6.42 Å². The average molecular weight is 371 g/mol. The molecule has 23 heavy (non-hydrogen) atoms. The minimum atomic E-state index is 0.225. The SMILES string of the molecule is Nc1nc(-c2ncco2)c(Br)c2nc(Cc3ccccc3)nn12. The third kappa shape index (κ3) is 2.46. The third-order valence-corrected chi connectivity index (χ3v) is 4.07. The van der Waals surface area contributed by atoms with E-state index in [0.717, 1.165) is 5.56 Å². The van der Waals surface area contributed by atoms with Gasteiger partial charge in [0.05, 0.1) is 10.7 Å². The average Bonchev–Trinajstić information content (AvgIpc) is 3.21. The molecule has 3 aromatic heterocycles. The van der Waals surface area contributed by atoms with Gasteiger partial charge in [-0.3, -0.25) is 0 Å². The molecule has 114 valence electrons. The van der Waals surface area contributed by atoms with Gasteiger partial charge in [0.15, 0.2) is 11.5 Å². The van der Waals surface area contributed by atoms with Crippen LogP contribution in [0.25, 0.3) is 17.2 Å². The quantitative estimate of drug-likeness (QED) is 0.595. The monoisotopic (exact) mass is 370 g/mol. The summed E-state index contributed by atoms with van der Waals surface area (Å²) >= 11 is 3.49. The molecular weight excluding hydrogens is 360 g/mol. The van der Waals surface area contributed by atoms with Gasteiger partial charge in [0.25, 0.3) is 0 Å². The fourth-order valence-corrected chi connectivity index (χ4v) is 2.82. The van der Waals surface area contributed by atoms with E-state index in [4.69, 9.17) is 10.2 Å². The Morgan fingerprint density at radius 3 is 2.74 bits per heavy atom. The van der Waals surface area contributed by atoms with Crippen LogP contribution < -0.4 is 5.73 Å². The molecule has 0 aliphatic carbocycles. The van der Waals surface area contributed by atoms with Gasteiger partial charge in [-0.05, 0) is 21.5 Å². The molecule has 3 heterocycles. The molecule has 0 fully saturated rings. The molecule has 2 N–H and O–H groups in total. The maximum absolute atomic E-state index is 6.00. The number of nitrogens with zero attached hydrogens (tertiary/aromatic N) is 5. The Bertz CT molecular complexity index is 965. The van der Waals surface area contributed by atoms with E-state index in [1.165, 1.54) is 10.8 Å². The van der Waals surface area contributed by atoms with Crippen LogP contribution in [-0.4, -0.2) is 24.6 Å². The summed E-state index contributed by atoms with van der Waals surface area (Å²) in [5.41, 5.74) is 8.20. The van der Waals surface area contributed by atoms with Crippen molar-refractivity contribution in [2.24, 2.45) is 0 Å². The van der Waals surface area contributed by atoms with Crippen molar-refractivity contribution in [1.29, 1.82) is 0 Å². The van der Waals surface area contributed by atoms with E-state index >= 15 is 0 Å². The third-order valence-electron chi connectivity index (χ3n) is 3.34. The van der Waals surface area contributed by atoms with Gasteiger partial charge >= 0.3 is 0 Å². The highest BCUT2D eigenvalue weighted by Gasteiger charge is 2.18. The topological polar surface area (TPSA) is 95.1 Å². The molecule has 8 heteroatoms. The maximum atomic E-state index is 6.00. The zero-order valence-electron chi connectivity index (χ0n) is 11.8. The van der Waals surface area contributed by atoms with Crippen LogP contribution in [-0.2, 0) is 6.42 Å². The number of halogens is 1. The van der Waals surface area contributed by atoms with Gasteiger partial charge in [-0.15, -0.1) is 5.10 Å². The predicted molar refractivity (Wildman–Crippen MR) is 87.6 cm³/mol. The second-order valence-corrected chi connectivity index (χ2v) is 5.69. The van der Waals surface area contributed by atoms with Crippen molar-refractivity contribution in [3.8, 4) is 11.6 Å². The Balaban J connectivity index is 1.82. The summed E-state index contributed by atoms with van der Waals surface area (Å²) in [4.78, 5) is 13.0. The van der Waals surface area contributed by atoms with E-state index < -0.39 is 0 Å². The smallest absolute Gasteiger partial charge is 0.246 e. The molecule has 4 rings (SSSR count). The Kier molecular flexibility index (Phi) is 3.30. The molecule has 0 amide bonds. The van der Waals surface area contributed by atoms with Gasteiger partial charge in [-0.25, -0.2) is 15.0 Å². The molecule has 0 radical (unpaired) electrons. The lowest BCUT2D eigenvalue weighted by Crippen LogP contribution is -2.04. The highest BCUT2D eigenvalue weighted by molar-refractivity contribution is 9.10. The molecular formula is C15H11BrN6O. The largest absolute Gasteiger partial charge is 0.443 e. The van der Waals surface area contributed by atoms with Crippen molar-refractivity contribution in [1.82, 2.24) is 24.6 Å². The first kappa shape index (κ1) is 13.9. The lowest BCUT2D eigenvalue weighted by molar-refractivity contribution is 0.571. The van der Waals surface area contributed by atoms with Crippen LogP contribution in [0.5, 0.6) is 0 Å². The van der Waals surface area contributed by atoms with Crippen LogP contribution in [0.1, 0.15) is 11.4 Å². The highest BCUT2D eigenvalue weighted by atomic mass is 79.9. The number of benzene rings is 1. The highest BCUT2D eigenvalue weighted by Crippen LogP contribution is 2.29. The molecule has 0 aliphatic heterocycles. The van der Waals surface area contributed by atoms with Crippen molar-refractivity contribution >= 4 is 27.5 Å². The summed E-state index contributed by atoms with van der Waals surface area (Å²) in [5.74, 6) is 1.26. The lowest BCUT2D eigenvalue weighted by atomic mass is 10.1. The summed E-state index contributed by atoms with van der Waals surface area (Å²) in [7, 11) is 0. The normalized spacial score (nSPS) is 11.2. The number of fused-ring (bicyclic) bond motifs is 1. The fourth-order valence-electron chi connectivity index (χ4n) is 2.31. The number of nitrogen functional groups attached to an aromatic ring is 1. The Morgan fingerprint density at radius 2 is 2.00 bits per heavy atom. The van der Waals surface area contributed by atoms with E-state index in [0.29, 0.717) is 33.9 Å². The summed E-state index contributed by atoms with van der Waals surface area (Å²) in [6.07, 6.45) is 3.64. The zero-order valence-corrected chi connectivity index (χ0v) is 13.4. The molecule has 0 spiro atoms. The van der Waals surface area contributed by atoms with E-state index in [1.54, 1.807) is 6.20 Å². The first-order valence-corrected chi connectivity index (χ1v) is 7.66. The van der Waals surface area contributed by atoms with Crippen molar-refractivity contribution < 1.29 is 4.42 Å². The van der Waals surface area contributed by atoms with Gasteiger partial charge in [0.2, 0.25) is 11.8 Å². The molecule has 0 unspecified atom stereocenters. The van der Waals surface area contributed by atoms with Crippen molar-refractivity contribution in [2.75, 3.05) is 5.73 Å². The van der Waals surface area contributed by atoms with Gasteiger partial charge in [0, 0.05) is 6.42 Å². The zero-order chi connectivity index (χ0) is 15.8. The van der Waals surface area contributed by atoms with Crippen LogP contribution in [0.4, 0.5) is 5.95 Å². The van der Waals surface area contributed by atoms with Crippen LogP contribution in [0.15, 0.2) is 51.7 Å². The van der Waals surface area contributed by atoms with E-state index in [-0.39, 0.29) is 5.95 Å². The first-order valence-electron chi connectivity index (χ1n) is 6.87. The molecule has 0 atom stereocenters. The Hall–Kier alpha value is -2.74. The van der Waals surface area contributed by atoms with Crippen molar-refractivity contribution in [3.05, 3.63) is 58.7 Å². The second-order valence-electron chi connectivity index (χ2n) is 4.90. The lowest BCUT2D eigenvalue weighted by Gasteiger charge is -2.03. The van der Waals surface area contributed by atoms with E-state index in [2.05, 4.69) is 36.0 Å². The number of anilines is 1. The van der Waals surface area contributed by atoms with Crippen LogP contribution in [0.3, 0.4) is 0 Å². The summed E-state index contributed by atoms with van der Waals surface area (Å²) < 4.78 is 7.44. The molecule has 0 aliphatic rings. The Labute approximate surface area is 139 Å². The molecule has 1 aromatic carbocycles. The van der Waals surface area contributed by atoms with Gasteiger partial charge in [-0.1, -0.05) is 30.3 Å². The first-order chi connectivity index (χ1) is 11.2. The molecule has 0 saturated heterocycles. The van der Waals surface area contributed by atoms with Gasteiger partial charge < -0.3 is 10.2 Å². The maximum Gasteiger partial charge on any atom is 0.246 e. The predicted octanol–water partition coefficient (Wildman–Crippen LogP) is 2.71. The van der Waals surface area contributed by atoms with Gasteiger partial charge in [0.1, 0.15) is 12.0 Å². The number of rotatable bonds is 3. The molecule has 4 aromatic rings. The summed E-state index contributed by atoms with van der Waals surface area (Å²) in [6, 6.07) is 10.00. The number of oxazole rings is 1. The second kappa shape index (κ2) is 5.47. The summed E-state index contributed by atoms with van der Waals surface area (Å²) in [5, 5.41) is 4.43. The van der Waals surface area contributed by atoms with Crippen molar-refractivity contribution in [3.63, 3.8) is 0 Å². The fraction of sp³-hybridized carbons (Fsp3) is 0.0667. The van der Waals surface area contributed by atoms with E-state index in [1.807, 2.05) is 30.3 Å². The molecule has 0 saturated carbocycles. The summed E-state index contributed by atoms with van der Waals surface area (Å²) in [6.45, 7) is 0. The van der Waals surface area contributed by atoms with Gasteiger partial charge in [-0.2, -0.15) is 4.52 Å². The number of aromatic nitrogens is 5. The Morgan fingerprint density at radius 1 is 1.17 bits per heavy atom. The number of nitrogens with two attached hydrogens (primary N) is 1. The number of hydrogen-bond acceptors (Lipinski definition) is 6. The van der Waals surface area contributed by atoms with E-state index in [9.17, 15) is 0 Å². The minimum Gasteiger partial charge on any atom is -0.443 e. The van der Waals surface area contributed by atoms with Crippen LogP contribution in [0.2, 0.25) is 0 Å². The standard InChI is InChI=1S/C15H11BrN6O/c16-11-12(14-18-6-7-23-14)20-15(17)22-13(11)19-10(21-22)8-9-4-2-1-3-5-9/h1-7H,8H2,(H2,17,20). The minimum absolute atomic E-state index is 0.225.